The van der Waals surface area contributed by atoms with E-state index in [1.54, 1.807) is 24.4 Å². The number of rotatable bonds is 7. The summed E-state index contributed by atoms with van der Waals surface area (Å²) in [6.07, 6.45) is 3.93. The molecule has 1 aromatic heterocycles. The molecule has 2 aliphatic rings. The Balaban J connectivity index is 0.00000387. The van der Waals surface area contributed by atoms with Crippen molar-refractivity contribution in [2.75, 3.05) is 44.2 Å². The number of hydrogen-bond acceptors (Lipinski definition) is 5. The summed E-state index contributed by atoms with van der Waals surface area (Å²) in [7, 11) is 0. The molecule has 0 spiro atoms. The zero-order valence-electron chi connectivity index (χ0n) is 22.4. The minimum Gasteiger partial charge on any atom is -0.353 e. The van der Waals surface area contributed by atoms with Gasteiger partial charge in [-0.2, -0.15) is 0 Å². The zero-order chi connectivity index (χ0) is 28.2. The van der Waals surface area contributed by atoms with E-state index in [-0.39, 0.29) is 7.33 Å². The number of hydrogen-bond donors (Lipinski definition) is 1. The summed E-state index contributed by atoms with van der Waals surface area (Å²) >= 11 is 24.7. The maximum absolute atomic E-state index is 12.7. The van der Waals surface area contributed by atoms with Crippen molar-refractivity contribution in [1.29, 1.82) is 0 Å². The molecular formula is C30H35Cl4N5O. The largest absolute Gasteiger partial charge is 0.353 e. The van der Waals surface area contributed by atoms with Crippen molar-refractivity contribution in [3.63, 3.8) is 0 Å². The Morgan fingerprint density at radius 1 is 0.925 bits per heavy atom. The van der Waals surface area contributed by atoms with Gasteiger partial charge in [-0.25, -0.2) is 4.98 Å². The lowest BCUT2D eigenvalue weighted by molar-refractivity contribution is 0.0839. The summed E-state index contributed by atoms with van der Waals surface area (Å²) in [6, 6.07) is 16.2. The Morgan fingerprint density at radius 3 is 2.27 bits per heavy atom. The second-order valence-corrected chi connectivity index (χ2v) is 12.1. The summed E-state index contributed by atoms with van der Waals surface area (Å²) in [6.45, 7) is 8.46. The highest BCUT2D eigenvalue weighted by Gasteiger charge is 2.30. The Labute approximate surface area is 257 Å². The summed E-state index contributed by atoms with van der Waals surface area (Å²) < 4.78 is 0. The van der Waals surface area contributed by atoms with Crippen LogP contribution in [-0.4, -0.2) is 66.0 Å². The van der Waals surface area contributed by atoms with Gasteiger partial charge in [0.25, 0.3) is 5.91 Å². The van der Waals surface area contributed by atoms with E-state index >= 15 is 0 Å². The first-order valence-corrected chi connectivity index (χ1v) is 15.2. The first-order valence-electron chi connectivity index (χ1n) is 13.6. The average Bonchev–Trinajstić information content (AvgIpc) is 2.98. The van der Waals surface area contributed by atoms with E-state index in [2.05, 4.69) is 44.1 Å². The number of halogens is 4. The van der Waals surface area contributed by atoms with Crippen molar-refractivity contribution < 1.29 is 6.22 Å². The maximum atomic E-state index is 12.7. The van der Waals surface area contributed by atoms with Crippen LogP contribution in [0.15, 0.2) is 54.7 Å². The number of anilines is 1. The molecule has 2 saturated heterocycles. The molecule has 3 heterocycles. The fourth-order valence-corrected chi connectivity index (χ4v) is 6.34. The number of piperidine rings is 1. The number of aromatic nitrogens is 1. The summed E-state index contributed by atoms with van der Waals surface area (Å²) in [5, 5.41) is 5.09. The smallest absolute Gasteiger partial charge is 0.253 e. The predicted molar refractivity (Wildman–Crippen MR) is 167 cm³/mol. The molecule has 0 radical (unpaired) electrons. The van der Waals surface area contributed by atoms with Crippen LogP contribution < -0.4 is 10.2 Å². The van der Waals surface area contributed by atoms with Crippen LogP contribution in [0.4, 0.5) is 5.82 Å². The number of pyridine rings is 1. The van der Waals surface area contributed by atoms with Gasteiger partial charge in [0.15, 0.2) is 0 Å². The van der Waals surface area contributed by atoms with Gasteiger partial charge in [0.05, 0.1) is 20.6 Å². The maximum Gasteiger partial charge on any atom is 0.253 e. The van der Waals surface area contributed by atoms with Gasteiger partial charge >= 0.3 is 0 Å². The topological polar surface area (TPSA) is 51.7 Å². The van der Waals surface area contributed by atoms with E-state index < -0.39 is 0 Å². The Morgan fingerprint density at radius 2 is 1.62 bits per heavy atom. The number of carbonyl (C=O) groups excluding carboxylic acids is 1. The summed E-state index contributed by atoms with van der Waals surface area (Å²) in [4.78, 5) is 24.7. The van der Waals surface area contributed by atoms with Gasteiger partial charge in [0, 0.05) is 70.5 Å². The molecule has 40 heavy (non-hydrogen) atoms. The van der Waals surface area contributed by atoms with Crippen LogP contribution in [0.5, 0.6) is 0 Å². The molecule has 10 heteroatoms. The van der Waals surface area contributed by atoms with E-state index in [1.807, 2.05) is 18.2 Å². The third-order valence-electron chi connectivity index (χ3n) is 8.05. The number of carbonyl (C=O) groups is 1. The van der Waals surface area contributed by atoms with E-state index in [1.165, 1.54) is 18.4 Å². The van der Waals surface area contributed by atoms with Crippen LogP contribution in [0.3, 0.4) is 0 Å². The standard InChI is InChI=1S/C30H33Cl4N5O.H2/c1-20(22-3-5-24(31)6-4-22)37-10-8-25(9-11-37)38-12-14-39(15-13-38)29-28(34)17-23(19-35-29)30(40)36-18-21-2-7-26(32)27(33)16-21;/h2-7,16-17,19-20,25H,8-15,18H2,1H3,(H,36,40);1H. The molecule has 2 fully saturated rings. The van der Waals surface area contributed by atoms with E-state index in [4.69, 9.17) is 46.4 Å². The van der Waals surface area contributed by atoms with Gasteiger partial charge in [-0.3, -0.25) is 14.6 Å². The van der Waals surface area contributed by atoms with Crippen LogP contribution in [0.1, 0.15) is 48.7 Å². The van der Waals surface area contributed by atoms with E-state index in [9.17, 15) is 4.79 Å². The summed E-state index contributed by atoms with van der Waals surface area (Å²) in [5.41, 5.74) is 2.60. The Kier molecular flexibility index (Phi) is 9.77. The normalized spacial score (nSPS) is 18.1. The van der Waals surface area contributed by atoms with Gasteiger partial charge in [0.1, 0.15) is 5.82 Å². The van der Waals surface area contributed by atoms with Crippen LogP contribution in [0.2, 0.25) is 20.1 Å². The fourth-order valence-electron chi connectivity index (χ4n) is 5.61. The lowest BCUT2D eigenvalue weighted by Crippen LogP contribution is -2.53. The molecule has 1 N–H and O–H groups in total. The predicted octanol–water partition coefficient (Wildman–Crippen LogP) is 7.22. The summed E-state index contributed by atoms with van der Waals surface area (Å²) in [5.74, 6) is 0.488. The molecule has 0 saturated carbocycles. The van der Waals surface area contributed by atoms with Gasteiger partial charge in [-0.1, -0.05) is 64.6 Å². The Bertz CT molecular complexity index is 1330. The second-order valence-electron chi connectivity index (χ2n) is 10.5. The molecule has 1 unspecified atom stereocenters. The molecule has 2 aliphatic heterocycles. The number of likely N-dealkylation sites (tertiary alicyclic amines) is 1. The lowest BCUT2D eigenvalue weighted by Gasteiger charge is -2.44. The highest BCUT2D eigenvalue weighted by Crippen LogP contribution is 2.29. The van der Waals surface area contributed by atoms with Crippen molar-refractivity contribution in [1.82, 2.24) is 20.1 Å². The second kappa shape index (κ2) is 13.3. The number of nitrogens with zero attached hydrogens (tertiary/aromatic N) is 4. The third-order valence-corrected chi connectivity index (χ3v) is 9.32. The quantitative estimate of drug-likeness (QED) is 0.301. The molecule has 1 amide bonds. The molecular weight excluding hydrogens is 588 g/mol. The molecule has 1 atom stereocenters. The SMILES string of the molecule is CC(c1ccc(Cl)cc1)N1CCC(N2CCN(c3ncc(C(=O)NCc4ccc(Cl)c(Cl)c4)cc3Cl)CC2)CC1.[HH]. The minimum atomic E-state index is -0.242. The number of amides is 1. The highest BCUT2D eigenvalue weighted by molar-refractivity contribution is 6.42. The van der Waals surface area contributed by atoms with Gasteiger partial charge in [-0.05, 0) is 61.2 Å². The monoisotopic (exact) mass is 621 g/mol. The average molecular weight is 623 g/mol. The molecule has 6 nitrogen and oxygen atoms in total. The molecule has 0 aliphatic carbocycles. The van der Waals surface area contributed by atoms with Gasteiger partial charge in [0.2, 0.25) is 0 Å². The third kappa shape index (κ3) is 7.04. The van der Waals surface area contributed by atoms with Crippen LogP contribution >= 0.6 is 46.4 Å². The van der Waals surface area contributed by atoms with Crippen molar-refractivity contribution >= 4 is 58.1 Å². The zero-order valence-corrected chi connectivity index (χ0v) is 25.4. The molecule has 3 aromatic rings. The first kappa shape index (κ1) is 29.4. The van der Waals surface area contributed by atoms with Crippen LogP contribution in [-0.2, 0) is 6.54 Å². The number of benzene rings is 2. The molecule has 214 valence electrons. The molecule has 2 aromatic carbocycles. The van der Waals surface area contributed by atoms with E-state index in [0.717, 1.165) is 55.7 Å². The van der Waals surface area contributed by atoms with Crippen molar-refractivity contribution in [2.24, 2.45) is 0 Å². The van der Waals surface area contributed by atoms with Crippen molar-refractivity contribution in [3.8, 4) is 0 Å². The fraction of sp³-hybridized carbons (Fsp3) is 0.400. The molecule has 5 rings (SSSR count). The first-order chi connectivity index (χ1) is 19.3. The van der Waals surface area contributed by atoms with Gasteiger partial charge < -0.3 is 10.2 Å². The van der Waals surface area contributed by atoms with Crippen molar-refractivity contribution in [2.45, 2.75) is 38.4 Å². The molecule has 0 bridgehead atoms. The lowest BCUT2D eigenvalue weighted by atomic mass is 9.98. The highest BCUT2D eigenvalue weighted by atomic mass is 35.5. The minimum absolute atomic E-state index is 0. The number of nitrogens with one attached hydrogen (secondary N) is 1. The van der Waals surface area contributed by atoms with Crippen LogP contribution in [0.25, 0.3) is 0 Å². The van der Waals surface area contributed by atoms with Crippen LogP contribution in [0, 0.1) is 0 Å². The Hall–Kier alpha value is -2.06. The van der Waals surface area contributed by atoms with E-state index in [0.29, 0.717) is 39.3 Å². The van der Waals surface area contributed by atoms with Gasteiger partial charge in [-0.15, -0.1) is 0 Å². The van der Waals surface area contributed by atoms with Crippen molar-refractivity contribution in [3.05, 3.63) is 91.5 Å². The number of piperazine rings is 1.